The summed E-state index contributed by atoms with van der Waals surface area (Å²) in [7, 11) is 0. The third-order valence-corrected chi connectivity index (χ3v) is 3.24. The summed E-state index contributed by atoms with van der Waals surface area (Å²) >= 11 is 1.46. The molecule has 1 rings (SSSR count). The first-order valence-electron chi connectivity index (χ1n) is 4.64. The van der Waals surface area contributed by atoms with Gasteiger partial charge in [-0.1, -0.05) is 13.8 Å². The first kappa shape index (κ1) is 11.2. The van der Waals surface area contributed by atoms with Gasteiger partial charge in [-0.15, -0.1) is 11.3 Å². The molecule has 0 bridgehead atoms. The highest BCUT2D eigenvalue weighted by Crippen LogP contribution is 2.23. The molecule has 0 saturated carbocycles. The van der Waals surface area contributed by atoms with Gasteiger partial charge in [0.05, 0.1) is 4.88 Å². The predicted molar refractivity (Wildman–Crippen MR) is 59.3 cm³/mol. The van der Waals surface area contributed by atoms with Crippen molar-refractivity contribution in [3.63, 3.8) is 0 Å². The predicted octanol–water partition coefficient (Wildman–Crippen LogP) is 1.86. The van der Waals surface area contributed by atoms with Gasteiger partial charge in [0, 0.05) is 0 Å². The van der Waals surface area contributed by atoms with Gasteiger partial charge in [0.1, 0.15) is 0 Å². The van der Waals surface area contributed by atoms with Crippen molar-refractivity contribution in [3.05, 3.63) is 21.4 Å². The lowest BCUT2D eigenvalue weighted by Crippen LogP contribution is -2.29. The van der Waals surface area contributed by atoms with E-state index in [-0.39, 0.29) is 5.91 Å². The third-order valence-electron chi connectivity index (χ3n) is 2.11. The summed E-state index contributed by atoms with van der Waals surface area (Å²) < 4.78 is 0. The van der Waals surface area contributed by atoms with Crippen LogP contribution in [0, 0.1) is 12.8 Å². The van der Waals surface area contributed by atoms with Gasteiger partial charge in [0.25, 0.3) is 5.91 Å². The number of hydrogen-bond donors (Lipinski definition) is 2. The highest BCUT2D eigenvalue weighted by molar-refractivity contribution is 7.12. The van der Waals surface area contributed by atoms with Crippen molar-refractivity contribution in [3.8, 4) is 0 Å². The SMILES string of the molecule is Cc1c(CC(C)C)csc1C(=O)NN. The molecule has 0 aromatic carbocycles. The molecular formula is C10H16N2OS. The van der Waals surface area contributed by atoms with E-state index in [1.54, 1.807) is 0 Å². The lowest BCUT2D eigenvalue weighted by atomic mass is 10.0. The maximum absolute atomic E-state index is 11.3. The fourth-order valence-corrected chi connectivity index (χ4v) is 2.39. The molecule has 0 saturated heterocycles. The molecule has 0 fully saturated rings. The average Bonchev–Trinajstić information content (AvgIpc) is 2.46. The number of thiophene rings is 1. The molecule has 0 aliphatic rings. The molecule has 0 aliphatic heterocycles. The third kappa shape index (κ3) is 2.33. The number of hydrogen-bond acceptors (Lipinski definition) is 3. The Hall–Kier alpha value is -0.870. The second-order valence-electron chi connectivity index (χ2n) is 3.79. The zero-order valence-corrected chi connectivity index (χ0v) is 9.57. The molecule has 1 aromatic rings. The summed E-state index contributed by atoms with van der Waals surface area (Å²) in [5.74, 6) is 5.51. The zero-order valence-electron chi connectivity index (χ0n) is 8.76. The van der Waals surface area contributed by atoms with Crippen molar-refractivity contribution in [2.24, 2.45) is 11.8 Å². The smallest absolute Gasteiger partial charge is 0.275 e. The van der Waals surface area contributed by atoms with Gasteiger partial charge in [-0.3, -0.25) is 10.2 Å². The molecule has 0 radical (unpaired) electrons. The molecular weight excluding hydrogens is 196 g/mol. The molecule has 1 amide bonds. The number of nitrogens with one attached hydrogen (secondary N) is 1. The van der Waals surface area contributed by atoms with Gasteiger partial charge in [-0.2, -0.15) is 0 Å². The van der Waals surface area contributed by atoms with E-state index >= 15 is 0 Å². The van der Waals surface area contributed by atoms with E-state index in [1.165, 1.54) is 16.9 Å². The van der Waals surface area contributed by atoms with Crippen LogP contribution in [0.4, 0.5) is 0 Å². The summed E-state index contributed by atoms with van der Waals surface area (Å²) in [6.07, 6.45) is 1.01. The Kier molecular flexibility index (Phi) is 3.66. The van der Waals surface area contributed by atoms with Crippen LogP contribution in [-0.2, 0) is 6.42 Å². The lowest BCUT2D eigenvalue weighted by Gasteiger charge is -2.04. The molecule has 3 nitrogen and oxygen atoms in total. The van der Waals surface area contributed by atoms with Gasteiger partial charge >= 0.3 is 0 Å². The van der Waals surface area contributed by atoms with Crippen LogP contribution in [0.1, 0.15) is 34.6 Å². The maximum Gasteiger partial charge on any atom is 0.275 e. The molecule has 3 N–H and O–H groups in total. The van der Waals surface area contributed by atoms with Gasteiger partial charge in [0.15, 0.2) is 0 Å². The van der Waals surface area contributed by atoms with Crippen LogP contribution in [-0.4, -0.2) is 5.91 Å². The summed E-state index contributed by atoms with van der Waals surface area (Å²) in [5.41, 5.74) is 4.48. The van der Waals surface area contributed by atoms with E-state index < -0.39 is 0 Å². The van der Waals surface area contributed by atoms with E-state index in [9.17, 15) is 4.79 Å². The molecule has 0 spiro atoms. The van der Waals surface area contributed by atoms with E-state index in [4.69, 9.17) is 5.84 Å². The van der Waals surface area contributed by atoms with Gasteiger partial charge in [-0.25, -0.2) is 5.84 Å². The Morgan fingerprint density at radius 2 is 2.29 bits per heavy atom. The van der Waals surface area contributed by atoms with Crippen LogP contribution in [0.25, 0.3) is 0 Å². The number of rotatable bonds is 3. The second-order valence-corrected chi connectivity index (χ2v) is 4.67. The van der Waals surface area contributed by atoms with Gasteiger partial charge in [-0.05, 0) is 35.8 Å². The lowest BCUT2D eigenvalue weighted by molar-refractivity contribution is 0.0957. The van der Waals surface area contributed by atoms with Crippen LogP contribution < -0.4 is 11.3 Å². The van der Waals surface area contributed by atoms with Crippen molar-refractivity contribution in [1.82, 2.24) is 5.43 Å². The minimum Gasteiger partial charge on any atom is -0.289 e. The van der Waals surface area contributed by atoms with Crippen LogP contribution >= 0.6 is 11.3 Å². The van der Waals surface area contributed by atoms with E-state index in [0.717, 1.165) is 16.9 Å². The fourth-order valence-electron chi connectivity index (χ4n) is 1.38. The number of carbonyl (C=O) groups excluding carboxylic acids is 1. The molecule has 14 heavy (non-hydrogen) atoms. The molecule has 78 valence electrons. The second kappa shape index (κ2) is 4.57. The van der Waals surface area contributed by atoms with Crippen molar-refractivity contribution < 1.29 is 4.79 Å². The Morgan fingerprint density at radius 3 is 2.79 bits per heavy atom. The minimum atomic E-state index is -0.192. The maximum atomic E-state index is 11.3. The first-order chi connectivity index (χ1) is 6.56. The number of amides is 1. The molecule has 0 unspecified atom stereocenters. The topological polar surface area (TPSA) is 55.1 Å². The zero-order chi connectivity index (χ0) is 10.7. The van der Waals surface area contributed by atoms with E-state index in [2.05, 4.69) is 19.3 Å². The monoisotopic (exact) mass is 212 g/mol. The van der Waals surface area contributed by atoms with Crippen molar-refractivity contribution in [2.45, 2.75) is 27.2 Å². The minimum absolute atomic E-state index is 0.192. The van der Waals surface area contributed by atoms with E-state index in [0.29, 0.717) is 5.92 Å². The number of nitrogens with two attached hydrogens (primary N) is 1. The van der Waals surface area contributed by atoms with Crippen molar-refractivity contribution >= 4 is 17.2 Å². The number of carbonyl (C=O) groups is 1. The molecule has 0 aliphatic carbocycles. The van der Waals surface area contributed by atoms with Gasteiger partial charge < -0.3 is 0 Å². The van der Waals surface area contributed by atoms with Crippen molar-refractivity contribution in [1.29, 1.82) is 0 Å². The van der Waals surface area contributed by atoms with Crippen LogP contribution in [0.2, 0.25) is 0 Å². The molecule has 0 atom stereocenters. The van der Waals surface area contributed by atoms with E-state index in [1.807, 2.05) is 12.3 Å². The largest absolute Gasteiger partial charge is 0.289 e. The number of hydrazine groups is 1. The Bertz CT molecular complexity index is 331. The number of nitrogen functional groups attached to an aromatic ring is 1. The molecule has 1 aromatic heterocycles. The van der Waals surface area contributed by atoms with Crippen LogP contribution in [0.15, 0.2) is 5.38 Å². The van der Waals surface area contributed by atoms with Gasteiger partial charge in [0.2, 0.25) is 0 Å². The first-order valence-corrected chi connectivity index (χ1v) is 5.52. The Balaban J connectivity index is 2.90. The summed E-state index contributed by atoms with van der Waals surface area (Å²) in [4.78, 5) is 12.0. The standard InChI is InChI=1S/C10H16N2OS/c1-6(2)4-8-5-14-9(7(8)3)10(13)12-11/h5-6H,4,11H2,1-3H3,(H,12,13). The van der Waals surface area contributed by atoms with Crippen LogP contribution in [0.3, 0.4) is 0 Å². The highest BCUT2D eigenvalue weighted by atomic mass is 32.1. The summed E-state index contributed by atoms with van der Waals surface area (Å²) in [6, 6.07) is 0. The normalized spacial score (nSPS) is 10.6. The average molecular weight is 212 g/mol. The molecule has 4 heteroatoms. The highest BCUT2D eigenvalue weighted by Gasteiger charge is 2.13. The summed E-state index contributed by atoms with van der Waals surface area (Å²) in [5, 5.41) is 2.04. The summed E-state index contributed by atoms with van der Waals surface area (Å²) in [6.45, 7) is 6.30. The Morgan fingerprint density at radius 1 is 1.64 bits per heavy atom. The Labute approximate surface area is 88.3 Å². The van der Waals surface area contributed by atoms with Crippen LogP contribution in [0.5, 0.6) is 0 Å². The quantitative estimate of drug-likeness (QED) is 0.456. The fraction of sp³-hybridized carbons (Fsp3) is 0.500. The molecule has 1 heterocycles. The van der Waals surface area contributed by atoms with Crippen molar-refractivity contribution in [2.75, 3.05) is 0 Å².